The van der Waals surface area contributed by atoms with Crippen molar-refractivity contribution in [2.24, 2.45) is 0 Å². The van der Waals surface area contributed by atoms with Gasteiger partial charge in [-0.15, -0.1) is 0 Å². The zero-order valence-electron chi connectivity index (χ0n) is 14.2. The molecule has 0 aliphatic carbocycles. The Morgan fingerprint density at radius 2 is 1.76 bits per heavy atom. The fourth-order valence-electron chi connectivity index (χ4n) is 2.14. The third-order valence-electron chi connectivity index (χ3n) is 3.51. The SMILES string of the molecule is Cc1ccc(Cl)c(OC(C)C(=O)NCCNC(=O)c2ccccc2)c1. The molecular formula is C19H21ClN2O3. The van der Waals surface area contributed by atoms with Crippen LogP contribution in [0.4, 0.5) is 0 Å². The second-order valence-corrected chi connectivity index (χ2v) is 6.01. The Balaban J connectivity index is 1.74. The highest BCUT2D eigenvalue weighted by Crippen LogP contribution is 2.26. The number of hydrogen-bond donors (Lipinski definition) is 2. The summed E-state index contributed by atoms with van der Waals surface area (Å²) >= 11 is 6.06. The van der Waals surface area contributed by atoms with Gasteiger partial charge in [-0.2, -0.15) is 0 Å². The molecule has 2 rings (SSSR count). The van der Waals surface area contributed by atoms with Gasteiger partial charge >= 0.3 is 0 Å². The molecule has 1 unspecified atom stereocenters. The lowest BCUT2D eigenvalue weighted by molar-refractivity contribution is -0.127. The molecule has 0 bridgehead atoms. The van der Waals surface area contributed by atoms with Crippen molar-refractivity contribution >= 4 is 23.4 Å². The molecule has 0 spiro atoms. The molecule has 2 aromatic carbocycles. The van der Waals surface area contributed by atoms with E-state index >= 15 is 0 Å². The zero-order chi connectivity index (χ0) is 18.2. The van der Waals surface area contributed by atoms with Crippen LogP contribution >= 0.6 is 11.6 Å². The Bertz CT molecular complexity index is 735. The first-order chi connectivity index (χ1) is 12.0. The van der Waals surface area contributed by atoms with Crippen molar-refractivity contribution in [3.05, 3.63) is 64.7 Å². The Kier molecular flexibility index (Phi) is 6.83. The van der Waals surface area contributed by atoms with E-state index in [0.29, 0.717) is 29.4 Å². The molecule has 6 heteroatoms. The summed E-state index contributed by atoms with van der Waals surface area (Å²) in [6.45, 7) is 4.21. The van der Waals surface area contributed by atoms with E-state index in [-0.39, 0.29) is 11.8 Å². The molecule has 0 aromatic heterocycles. The van der Waals surface area contributed by atoms with E-state index in [1.54, 1.807) is 43.3 Å². The van der Waals surface area contributed by atoms with Gasteiger partial charge in [0.1, 0.15) is 5.75 Å². The zero-order valence-corrected chi connectivity index (χ0v) is 15.0. The lowest BCUT2D eigenvalue weighted by Gasteiger charge is -2.16. The lowest BCUT2D eigenvalue weighted by atomic mass is 10.2. The highest BCUT2D eigenvalue weighted by molar-refractivity contribution is 6.32. The van der Waals surface area contributed by atoms with Crippen LogP contribution in [-0.4, -0.2) is 31.0 Å². The molecule has 25 heavy (non-hydrogen) atoms. The number of carbonyl (C=O) groups excluding carboxylic acids is 2. The summed E-state index contributed by atoms with van der Waals surface area (Å²) < 4.78 is 5.60. The largest absolute Gasteiger partial charge is 0.479 e. The lowest BCUT2D eigenvalue weighted by Crippen LogP contribution is -2.40. The van der Waals surface area contributed by atoms with Crippen LogP contribution in [0.25, 0.3) is 0 Å². The first-order valence-corrected chi connectivity index (χ1v) is 8.39. The van der Waals surface area contributed by atoms with E-state index < -0.39 is 6.10 Å². The number of nitrogens with one attached hydrogen (secondary N) is 2. The molecule has 0 radical (unpaired) electrons. The molecule has 5 nitrogen and oxygen atoms in total. The summed E-state index contributed by atoms with van der Waals surface area (Å²) in [6.07, 6.45) is -0.691. The Labute approximate surface area is 152 Å². The Morgan fingerprint density at radius 1 is 1.08 bits per heavy atom. The first kappa shape index (κ1) is 18.8. The number of halogens is 1. The summed E-state index contributed by atoms with van der Waals surface area (Å²) in [6, 6.07) is 14.3. The van der Waals surface area contributed by atoms with Gasteiger partial charge < -0.3 is 15.4 Å². The quantitative estimate of drug-likeness (QED) is 0.746. The third kappa shape index (κ3) is 5.80. The molecular weight excluding hydrogens is 340 g/mol. The predicted molar refractivity (Wildman–Crippen MR) is 98.1 cm³/mol. The second-order valence-electron chi connectivity index (χ2n) is 5.61. The number of rotatable bonds is 7. The maximum absolute atomic E-state index is 12.1. The van der Waals surface area contributed by atoms with Crippen molar-refractivity contribution in [1.29, 1.82) is 0 Å². The van der Waals surface area contributed by atoms with Crippen molar-refractivity contribution in [3.63, 3.8) is 0 Å². The van der Waals surface area contributed by atoms with Gasteiger partial charge in [0.25, 0.3) is 11.8 Å². The van der Waals surface area contributed by atoms with Gasteiger partial charge in [0.15, 0.2) is 6.10 Å². The smallest absolute Gasteiger partial charge is 0.260 e. The van der Waals surface area contributed by atoms with E-state index in [0.717, 1.165) is 5.56 Å². The van der Waals surface area contributed by atoms with Crippen LogP contribution in [0.3, 0.4) is 0 Å². The summed E-state index contributed by atoms with van der Waals surface area (Å²) in [5.41, 5.74) is 1.58. The van der Waals surface area contributed by atoms with E-state index in [2.05, 4.69) is 10.6 Å². The monoisotopic (exact) mass is 360 g/mol. The maximum Gasteiger partial charge on any atom is 0.260 e. The summed E-state index contributed by atoms with van der Waals surface area (Å²) in [4.78, 5) is 23.9. The van der Waals surface area contributed by atoms with Crippen LogP contribution in [0.1, 0.15) is 22.8 Å². The van der Waals surface area contributed by atoms with E-state index in [4.69, 9.17) is 16.3 Å². The van der Waals surface area contributed by atoms with E-state index in [1.165, 1.54) is 0 Å². The molecule has 0 heterocycles. The maximum atomic E-state index is 12.1. The average molecular weight is 361 g/mol. The van der Waals surface area contributed by atoms with Gasteiger partial charge in [0.2, 0.25) is 0 Å². The van der Waals surface area contributed by atoms with Gasteiger partial charge in [-0.3, -0.25) is 9.59 Å². The van der Waals surface area contributed by atoms with Crippen LogP contribution in [0.2, 0.25) is 5.02 Å². The molecule has 0 saturated carbocycles. The molecule has 2 aromatic rings. The van der Waals surface area contributed by atoms with Crippen LogP contribution in [0.15, 0.2) is 48.5 Å². The molecule has 0 aliphatic rings. The van der Waals surface area contributed by atoms with Crippen LogP contribution in [0, 0.1) is 6.92 Å². The van der Waals surface area contributed by atoms with Gasteiger partial charge in [-0.25, -0.2) is 0 Å². The van der Waals surface area contributed by atoms with E-state index in [9.17, 15) is 9.59 Å². The summed E-state index contributed by atoms with van der Waals surface area (Å²) in [5.74, 6) is 0.0268. The van der Waals surface area contributed by atoms with E-state index in [1.807, 2.05) is 19.1 Å². The highest BCUT2D eigenvalue weighted by Gasteiger charge is 2.15. The molecule has 132 valence electrons. The number of ether oxygens (including phenoxy) is 1. The van der Waals surface area contributed by atoms with Crippen LogP contribution in [-0.2, 0) is 4.79 Å². The van der Waals surface area contributed by atoms with Gasteiger partial charge in [-0.1, -0.05) is 35.9 Å². The minimum atomic E-state index is -0.691. The summed E-state index contributed by atoms with van der Waals surface area (Å²) in [5, 5.41) is 5.92. The number of aryl methyl sites for hydroxylation is 1. The fraction of sp³-hybridized carbons (Fsp3) is 0.263. The van der Waals surface area contributed by atoms with Gasteiger partial charge in [0, 0.05) is 18.7 Å². The molecule has 0 fully saturated rings. The Hall–Kier alpha value is -2.53. The molecule has 1 atom stereocenters. The first-order valence-electron chi connectivity index (χ1n) is 8.01. The molecule has 2 amide bonds. The minimum absolute atomic E-state index is 0.175. The molecule has 2 N–H and O–H groups in total. The van der Waals surface area contributed by atoms with Crippen molar-refractivity contribution in [3.8, 4) is 5.75 Å². The number of hydrogen-bond acceptors (Lipinski definition) is 3. The fourth-order valence-corrected chi connectivity index (χ4v) is 2.30. The van der Waals surface area contributed by atoms with Crippen molar-refractivity contribution in [2.75, 3.05) is 13.1 Å². The number of benzene rings is 2. The molecule has 0 saturated heterocycles. The standard InChI is InChI=1S/C19H21ClN2O3/c1-13-8-9-16(20)17(12-13)25-14(2)18(23)21-10-11-22-19(24)15-6-4-3-5-7-15/h3-9,12,14H,10-11H2,1-2H3,(H,21,23)(H,22,24). The second kappa shape index (κ2) is 9.08. The predicted octanol–water partition coefficient (Wildman–Crippen LogP) is 2.96. The van der Waals surface area contributed by atoms with Crippen molar-refractivity contribution in [2.45, 2.75) is 20.0 Å². The third-order valence-corrected chi connectivity index (χ3v) is 3.82. The van der Waals surface area contributed by atoms with Crippen molar-refractivity contribution < 1.29 is 14.3 Å². The van der Waals surface area contributed by atoms with Crippen LogP contribution in [0.5, 0.6) is 5.75 Å². The van der Waals surface area contributed by atoms with Gasteiger partial charge in [-0.05, 0) is 43.7 Å². The van der Waals surface area contributed by atoms with Crippen molar-refractivity contribution in [1.82, 2.24) is 10.6 Å². The molecule has 0 aliphatic heterocycles. The number of carbonyl (C=O) groups is 2. The highest BCUT2D eigenvalue weighted by atomic mass is 35.5. The number of amides is 2. The topological polar surface area (TPSA) is 67.4 Å². The Morgan fingerprint density at radius 3 is 2.48 bits per heavy atom. The minimum Gasteiger partial charge on any atom is -0.479 e. The summed E-state index contributed by atoms with van der Waals surface area (Å²) in [7, 11) is 0. The van der Waals surface area contributed by atoms with Crippen LogP contribution < -0.4 is 15.4 Å². The average Bonchev–Trinajstić information content (AvgIpc) is 2.62. The normalized spacial score (nSPS) is 11.5. The van der Waals surface area contributed by atoms with Gasteiger partial charge in [0.05, 0.1) is 5.02 Å².